The van der Waals surface area contributed by atoms with E-state index in [-0.39, 0.29) is 11.4 Å². The molecule has 7 nitrogen and oxygen atoms in total. The topological polar surface area (TPSA) is 107 Å². The average Bonchev–Trinajstić information content (AvgIpc) is 2.97. The standard InChI is InChI=1S/C18H26N2O.C4H4O4/c1-14-6-8-15(9-7-14)17(21)19-16-10-13-20(2)18(16)11-4-3-5-12-18;5-3(6)1-2-4(7)8/h6-9,16H,3-5,10-13H2,1-2H3,(H,19,21);1-2H,(H,5,6)(H,7,8). The number of aliphatic carboxylic acids is 2. The van der Waals surface area contributed by atoms with Crippen LogP contribution >= 0.6 is 0 Å². The van der Waals surface area contributed by atoms with Crippen molar-refractivity contribution in [2.45, 2.75) is 57.0 Å². The Kier molecular flexibility index (Phi) is 7.96. The molecule has 7 heteroatoms. The maximum absolute atomic E-state index is 12.5. The molecular formula is C22H30N2O5. The van der Waals surface area contributed by atoms with E-state index in [0.29, 0.717) is 18.2 Å². The van der Waals surface area contributed by atoms with E-state index in [1.807, 2.05) is 31.2 Å². The van der Waals surface area contributed by atoms with Crippen molar-refractivity contribution in [1.82, 2.24) is 10.2 Å². The fourth-order valence-electron chi connectivity index (χ4n) is 4.27. The number of nitrogens with one attached hydrogen (secondary N) is 1. The monoisotopic (exact) mass is 402 g/mol. The highest BCUT2D eigenvalue weighted by molar-refractivity contribution is 5.94. The van der Waals surface area contributed by atoms with Crippen LogP contribution in [0, 0.1) is 6.92 Å². The van der Waals surface area contributed by atoms with Crippen LogP contribution in [0.1, 0.15) is 54.4 Å². The SMILES string of the molecule is Cc1ccc(C(=O)NC2CCN(C)C23CCCCC3)cc1.O=C(O)C=CC(=O)O. The van der Waals surface area contributed by atoms with Gasteiger partial charge in [0.25, 0.3) is 5.91 Å². The molecule has 29 heavy (non-hydrogen) atoms. The molecule has 1 aliphatic heterocycles. The van der Waals surface area contributed by atoms with Gasteiger partial charge >= 0.3 is 11.9 Å². The van der Waals surface area contributed by atoms with E-state index in [2.05, 4.69) is 17.3 Å². The van der Waals surface area contributed by atoms with Gasteiger partial charge in [-0.1, -0.05) is 37.0 Å². The Bertz CT molecular complexity index is 735. The van der Waals surface area contributed by atoms with Crippen molar-refractivity contribution in [1.29, 1.82) is 0 Å². The van der Waals surface area contributed by atoms with Crippen molar-refractivity contribution in [3.63, 3.8) is 0 Å². The first-order chi connectivity index (χ1) is 13.7. The number of carboxylic acid groups (broad SMARTS) is 2. The molecule has 3 rings (SSSR count). The predicted octanol–water partition coefficient (Wildman–Crippen LogP) is 2.84. The first-order valence-electron chi connectivity index (χ1n) is 9.97. The first kappa shape index (κ1) is 22.6. The summed E-state index contributed by atoms with van der Waals surface area (Å²) in [5.41, 5.74) is 2.18. The van der Waals surface area contributed by atoms with Crippen molar-refractivity contribution in [3.05, 3.63) is 47.5 Å². The van der Waals surface area contributed by atoms with E-state index in [0.717, 1.165) is 18.5 Å². The maximum Gasteiger partial charge on any atom is 0.328 e. The third kappa shape index (κ3) is 6.15. The number of amides is 1. The van der Waals surface area contributed by atoms with Gasteiger partial charge in [-0.2, -0.15) is 0 Å². The van der Waals surface area contributed by atoms with Gasteiger partial charge < -0.3 is 15.5 Å². The summed E-state index contributed by atoms with van der Waals surface area (Å²) in [6.07, 6.45) is 8.57. The number of carbonyl (C=O) groups is 3. The van der Waals surface area contributed by atoms with Crippen LogP contribution in [-0.2, 0) is 9.59 Å². The van der Waals surface area contributed by atoms with Gasteiger partial charge in [-0.3, -0.25) is 9.69 Å². The highest BCUT2D eigenvalue weighted by Gasteiger charge is 2.47. The number of nitrogens with zero attached hydrogens (tertiary/aromatic N) is 1. The van der Waals surface area contributed by atoms with Gasteiger partial charge in [-0.15, -0.1) is 0 Å². The third-order valence-corrected chi connectivity index (χ3v) is 5.87. The van der Waals surface area contributed by atoms with Crippen molar-refractivity contribution in [2.75, 3.05) is 13.6 Å². The lowest BCUT2D eigenvalue weighted by atomic mass is 9.77. The number of benzene rings is 1. The molecule has 0 bridgehead atoms. The van der Waals surface area contributed by atoms with Crippen LogP contribution in [0.4, 0.5) is 0 Å². The van der Waals surface area contributed by atoms with Crippen LogP contribution in [0.2, 0.25) is 0 Å². The second-order valence-electron chi connectivity index (χ2n) is 7.78. The Morgan fingerprint density at radius 1 is 1.03 bits per heavy atom. The molecule has 1 saturated heterocycles. The number of rotatable bonds is 4. The molecule has 0 aromatic heterocycles. The van der Waals surface area contributed by atoms with E-state index >= 15 is 0 Å². The van der Waals surface area contributed by atoms with Crippen LogP contribution in [0.3, 0.4) is 0 Å². The lowest BCUT2D eigenvalue weighted by molar-refractivity contribution is -0.134. The molecule has 1 saturated carbocycles. The molecule has 158 valence electrons. The Morgan fingerprint density at radius 2 is 1.59 bits per heavy atom. The molecule has 1 aliphatic carbocycles. The molecule has 3 N–H and O–H groups in total. The largest absolute Gasteiger partial charge is 0.478 e. The third-order valence-electron chi connectivity index (χ3n) is 5.87. The van der Waals surface area contributed by atoms with Crippen molar-refractivity contribution in [2.24, 2.45) is 0 Å². The van der Waals surface area contributed by atoms with Crippen molar-refractivity contribution < 1.29 is 24.6 Å². The van der Waals surface area contributed by atoms with Crippen LogP contribution in [0.5, 0.6) is 0 Å². The van der Waals surface area contributed by atoms with E-state index in [9.17, 15) is 14.4 Å². The second kappa shape index (κ2) is 10.2. The molecule has 1 spiro atoms. The van der Waals surface area contributed by atoms with Crippen molar-refractivity contribution >= 4 is 17.8 Å². The number of hydrogen-bond donors (Lipinski definition) is 3. The molecule has 1 unspecified atom stereocenters. The van der Waals surface area contributed by atoms with Crippen LogP contribution in [0.25, 0.3) is 0 Å². The van der Waals surface area contributed by atoms with Crippen LogP contribution in [-0.4, -0.2) is 58.1 Å². The smallest absolute Gasteiger partial charge is 0.328 e. The van der Waals surface area contributed by atoms with Gasteiger partial charge in [0.1, 0.15) is 0 Å². The summed E-state index contributed by atoms with van der Waals surface area (Å²) in [5.74, 6) is -2.43. The minimum atomic E-state index is -1.26. The zero-order valence-electron chi connectivity index (χ0n) is 17.1. The zero-order valence-corrected chi connectivity index (χ0v) is 17.1. The summed E-state index contributed by atoms with van der Waals surface area (Å²) in [6, 6.07) is 8.17. The average molecular weight is 402 g/mol. The van der Waals surface area contributed by atoms with Gasteiger partial charge in [0.2, 0.25) is 0 Å². The number of aryl methyl sites for hydroxylation is 1. The van der Waals surface area contributed by atoms with Crippen LogP contribution < -0.4 is 5.32 Å². The Hall–Kier alpha value is -2.67. The highest BCUT2D eigenvalue weighted by Crippen LogP contribution is 2.40. The number of likely N-dealkylation sites (tertiary alicyclic amines) is 1. The maximum atomic E-state index is 12.5. The quantitative estimate of drug-likeness (QED) is 0.669. The lowest BCUT2D eigenvalue weighted by Crippen LogP contribution is -2.56. The van der Waals surface area contributed by atoms with Gasteiger partial charge in [0, 0.05) is 35.8 Å². The fraction of sp³-hybridized carbons (Fsp3) is 0.500. The summed E-state index contributed by atoms with van der Waals surface area (Å²) in [7, 11) is 2.23. The second-order valence-corrected chi connectivity index (χ2v) is 7.78. The van der Waals surface area contributed by atoms with Gasteiger partial charge in [0.05, 0.1) is 0 Å². The normalized spacial score (nSPS) is 20.8. The van der Waals surface area contributed by atoms with E-state index < -0.39 is 11.9 Å². The van der Waals surface area contributed by atoms with Crippen molar-refractivity contribution in [3.8, 4) is 0 Å². The molecule has 0 radical (unpaired) electrons. The number of hydrogen-bond acceptors (Lipinski definition) is 4. The summed E-state index contributed by atoms with van der Waals surface area (Å²) in [4.78, 5) is 34.1. The summed E-state index contributed by atoms with van der Waals surface area (Å²) in [6.45, 7) is 3.14. The van der Waals surface area contributed by atoms with E-state index in [1.165, 1.54) is 37.7 Å². The van der Waals surface area contributed by atoms with E-state index in [1.54, 1.807) is 0 Å². The van der Waals surface area contributed by atoms with Gasteiger partial charge in [0.15, 0.2) is 0 Å². The zero-order chi connectivity index (χ0) is 21.4. The summed E-state index contributed by atoms with van der Waals surface area (Å²) in [5, 5.41) is 18.9. The molecule has 1 amide bonds. The predicted molar refractivity (Wildman–Crippen MR) is 110 cm³/mol. The lowest BCUT2D eigenvalue weighted by Gasteiger charge is -2.44. The molecule has 1 aromatic carbocycles. The summed E-state index contributed by atoms with van der Waals surface area (Å²) < 4.78 is 0. The molecule has 2 aliphatic rings. The molecule has 2 fully saturated rings. The van der Waals surface area contributed by atoms with Gasteiger partial charge in [-0.25, -0.2) is 9.59 Å². The summed E-state index contributed by atoms with van der Waals surface area (Å²) >= 11 is 0. The Labute approximate surface area is 171 Å². The Morgan fingerprint density at radius 3 is 2.10 bits per heavy atom. The molecule has 1 aromatic rings. The highest BCUT2D eigenvalue weighted by atomic mass is 16.4. The number of carbonyl (C=O) groups excluding carboxylic acids is 1. The number of likely N-dealkylation sites (N-methyl/N-ethyl adjacent to an activating group) is 1. The minimum absolute atomic E-state index is 0.0836. The van der Waals surface area contributed by atoms with Gasteiger partial charge in [-0.05, 0) is 45.4 Å². The molecule has 1 atom stereocenters. The molecule has 1 heterocycles. The Balaban J connectivity index is 0.000000321. The number of carboxylic acids is 2. The molecular weight excluding hydrogens is 372 g/mol. The van der Waals surface area contributed by atoms with E-state index in [4.69, 9.17) is 10.2 Å². The first-order valence-corrected chi connectivity index (χ1v) is 9.97. The minimum Gasteiger partial charge on any atom is -0.478 e. The fourth-order valence-corrected chi connectivity index (χ4v) is 4.27. The van der Waals surface area contributed by atoms with Crippen LogP contribution in [0.15, 0.2) is 36.4 Å².